The average molecular weight is 175 g/mol. The first-order valence-corrected chi connectivity index (χ1v) is 3.75. The second-order valence-electron chi connectivity index (χ2n) is 2.35. The first-order chi connectivity index (χ1) is 5.83. The third kappa shape index (κ3) is 3.04. The van der Waals surface area contributed by atoms with Gasteiger partial charge in [-0.3, -0.25) is 10.3 Å². The van der Waals surface area contributed by atoms with E-state index in [1.807, 2.05) is 0 Å². The van der Waals surface area contributed by atoms with Crippen molar-refractivity contribution >= 4 is 6.03 Å². The zero-order valence-corrected chi connectivity index (χ0v) is 7.00. The third-order valence-electron chi connectivity index (χ3n) is 1.47. The molecule has 70 valence electrons. The van der Waals surface area contributed by atoms with E-state index in [-0.39, 0.29) is 6.03 Å². The minimum Gasteiger partial charge on any atom is -0.379 e. The van der Waals surface area contributed by atoms with Gasteiger partial charge in [-0.15, -0.1) is 0 Å². The van der Waals surface area contributed by atoms with E-state index in [2.05, 4.69) is 15.7 Å². The van der Waals surface area contributed by atoms with E-state index in [1.165, 1.54) is 7.11 Å². The molecule has 0 radical (unpaired) electrons. The number of rotatable bonds is 2. The second-order valence-corrected chi connectivity index (χ2v) is 2.35. The summed E-state index contributed by atoms with van der Waals surface area (Å²) < 4.78 is 5.10. The van der Waals surface area contributed by atoms with Crippen LogP contribution in [0.2, 0.25) is 0 Å². The number of hydrogen-bond donors (Lipinski definition) is 2. The number of carbonyl (C=O) groups excluding carboxylic acids is 1. The highest BCUT2D eigenvalue weighted by Crippen LogP contribution is 1.91. The number of urea groups is 1. The normalized spacial score (nSPS) is 18.8. The standard InChI is InChI=1S/C6H13N3O3/c1-11-8-6(10)7-9-2-4-12-5-3-9/h2-5H2,1H3,(H2,7,8,10). The largest absolute Gasteiger partial charge is 0.379 e. The molecule has 0 atom stereocenters. The van der Waals surface area contributed by atoms with Gasteiger partial charge < -0.3 is 4.74 Å². The van der Waals surface area contributed by atoms with Crippen LogP contribution >= 0.6 is 0 Å². The topological polar surface area (TPSA) is 62.8 Å². The van der Waals surface area contributed by atoms with Crippen LogP contribution in [0.3, 0.4) is 0 Å². The van der Waals surface area contributed by atoms with Gasteiger partial charge in [0.25, 0.3) is 0 Å². The van der Waals surface area contributed by atoms with Gasteiger partial charge in [-0.05, 0) is 0 Å². The van der Waals surface area contributed by atoms with Crippen LogP contribution in [0.15, 0.2) is 0 Å². The van der Waals surface area contributed by atoms with Crippen molar-refractivity contribution in [3.63, 3.8) is 0 Å². The number of hydrogen-bond acceptors (Lipinski definition) is 4. The Kier molecular flexibility index (Phi) is 3.78. The van der Waals surface area contributed by atoms with Gasteiger partial charge in [-0.2, -0.15) is 0 Å². The second kappa shape index (κ2) is 4.91. The van der Waals surface area contributed by atoms with Gasteiger partial charge in [0.1, 0.15) is 0 Å². The van der Waals surface area contributed by atoms with Gasteiger partial charge in [-0.1, -0.05) is 0 Å². The first-order valence-electron chi connectivity index (χ1n) is 3.75. The fourth-order valence-corrected chi connectivity index (χ4v) is 0.934. The predicted octanol–water partition coefficient (Wildman–Crippen LogP) is -0.906. The molecule has 6 nitrogen and oxygen atoms in total. The van der Waals surface area contributed by atoms with Crippen LogP contribution in [0.4, 0.5) is 4.79 Å². The molecule has 0 spiro atoms. The highest BCUT2D eigenvalue weighted by Gasteiger charge is 2.11. The van der Waals surface area contributed by atoms with E-state index in [1.54, 1.807) is 5.01 Å². The Labute approximate surface area is 70.7 Å². The maximum atomic E-state index is 10.9. The average Bonchev–Trinajstić information content (AvgIpc) is 2.06. The summed E-state index contributed by atoms with van der Waals surface area (Å²) in [5.41, 5.74) is 4.76. The monoisotopic (exact) mass is 175 g/mol. The molecule has 1 rings (SSSR count). The van der Waals surface area contributed by atoms with Gasteiger partial charge >= 0.3 is 6.03 Å². The molecular formula is C6H13N3O3. The first kappa shape index (κ1) is 9.24. The van der Waals surface area contributed by atoms with Crippen LogP contribution in [0.1, 0.15) is 0 Å². The van der Waals surface area contributed by atoms with Crippen molar-refractivity contribution in [2.45, 2.75) is 0 Å². The number of nitrogens with zero attached hydrogens (tertiary/aromatic N) is 1. The lowest BCUT2D eigenvalue weighted by Gasteiger charge is -2.26. The van der Waals surface area contributed by atoms with E-state index < -0.39 is 0 Å². The van der Waals surface area contributed by atoms with Crippen molar-refractivity contribution < 1.29 is 14.4 Å². The quantitative estimate of drug-likeness (QED) is 0.533. The Morgan fingerprint density at radius 1 is 1.50 bits per heavy atom. The molecule has 0 aromatic rings. The fraction of sp³-hybridized carbons (Fsp3) is 0.833. The highest BCUT2D eigenvalue weighted by molar-refractivity contribution is 5.72. The molecule has 0 aromatic carbocycles. The predicted molar refractivity (Wildman–Crippen MR) is 41.1 cm³/mol. The molecule has 0 saturated carbocycles. The molecule has 0 aliphatic carbocycles. The summed E-state index contributed by atoms with van der Waals surface area (Å²) in [4.78, 5) is 15.3. The molecule has 1 aliphatic heterocycles. The molecule has 2 N–H and O–H groups in total. The lowest BCUT2D eigenvalue weighted by atomic mass is 10.5. The fourth-order valence-electron chi connectivity index (χ4n) is 0.934. The summed E-state index contributed by atoms with van der Waals surface area (Å²) in [7, 11) is 1.39. The summed E-state index contributed by atoms with van der Waals surface area (Å²) >= 11 is 0. The number of morpholine rings is 1. The van der Waals surface area contributed by atoms with Crippen molar-refractivity contribution in [3.05, 3.63) is 0 Å². The molecule has 0 aromatic heterocycles. The molecule has 0 unspecified atom stereocenters. The number of hydroxylamine groups is 1. The summed E-state index contributed by atoms with van der Waals surface area (Å²) in [6.07, 6.45) is 0. The lowest BCUT2D eigenvalue weighted by Crippen LogP contribution is -2.51. The number of nitrogens with one attached hydrogen (secondary N) is 2. The van der Waals surface area contributed by atoms with E-state index in [0.717, 1.165) is 0 Å². The Bertz CT molecular complexity index is 147. The highest BCUT2D eigenvalue weighted by atomic mass is 16.6. The molecule has 2 amide bonds. The van der Waals surface area contributed by atoms with E-state index >= 15 is 0 Å². The van der Waals surface area contributed by atoms with Crippen LogP contribution < -0.4 is 10.9 Å². The van der Waals surface area contributed by atoms with E-state index in [0.29, 0.717) is 26.3 Å². The SMILES string of the molecule is CONC(=O)NN1CCOCC1. The van der Waals surface area contributed by atoms with Crippen LogP contribution in [0.5, 0.6) is 0 Å². The molecule has 1 fully saturated rings. The maximum Gasteiger partial charge on any atom is 0.353 e. The number of hydrazine groups is 1. The number of amides is 2. The maximum absolute atomic E-state index is 10.9. The van der Waals surface area contributed by atoms with Crippen molar-refractivity contribution in [2.24, 2.45) is 0 Å². The van der Waals surface area contributed by atoms with Gasteiger partial charge in [0.05, 0.1) is 20.3 Å². The molecule has 6 heteroatoms. The van der Waals surface area contributed by atoms with Crippen molar-refractivity contribution in [1.82, 2.24) is 15.9 Å². The van der Waals surface area contributed by atoms with Gasteiger partial charge in [0.15, 0.2) is 0 Å². The Morgan fingerprint density at radius 2 is 2.17 bits per heavy atom. The summed E-state index contributed by atoms with van der Waals surface area (Å²) in [6, 6.07) is -0.362. The van der Waals surface area contributed by atoms with Crippen LogP contribution in [-0.4, -0.2) is 44.5 Å². The van der Waals surface area contributed by atoms with Gasteiger partial charge in [0.2, 0.25) is 0 Å². The van der Waals surface area contributed by atoms with Crippen LogP contribution in [0, 0.1) is 0 Å². The van der Waals surface area contributed by atoms with Crippen molar-refractivity contribution in [1.29, 1.82) is 0 Å². The van der Waals surface area contributed by atoms with Crippen LogP contribution in [-0.2, 0) is 9.57 Å². The molecule has 1 heterocycles. The third-order valence-corrected chi connectivity index (χ3v) is 1.47. The van der Waals surface area contributed by atoms with Gasteiger partial charge in [-0.25, -0.2) is 15.3 Å². The molecule has 1 aliphatic rings. The van der Waals surface area contributed by atoms with Gasteiger partial charge in [0, 0.05) is 13.1 Å². The Balaban J connectivity index is 2.15. The molecule has 12 heavy (non-hydrogen) atoms. The molecule has 1 saturated heterocycles. The molecular weight excluding hydrogens is 162 g/mol. The summed E-state index contributed by atoms with van der Waals surface area (Å²) in [5.74, 6) is 0. The molecule has 0 bridgehead atoms. The Morgan fingerprint density at radius 3 is 2.75 bits per heavy atom. The summed E-state index contributed by atoms with van der Waals surface area (Å²) in [5, 5.41) is 1.78. The summed E-state index contributed by atoms with van der Waals surface area (Å²) in [6.45, 7) is 2.70. The van der Waals surface area contributed by atoms with Crippen molar-refractivity contribution in [2.75, 3.05) is 33.4 Å². The van der Waals surface area contributed by atoms with Crippen molar-refractivity contribution in [3.8, 4) is 0 Å². The van der Waals surface area contributed by atoms with E-state index in [4.69, 9.17) is 4.74 Å². The van der Waals surface area contributed by atoms with E-state index in [9.17, 15) is 4.79 Å². The Hall–Kier alpha value is -0.850. The zero-order valence-electron chi connectivity index (χ0n) is 7.00. The minimum absolute atomic E-state index is 0.362. The smallest absolute Gasteiger partial charge is 0.353 e. The number of ether oxygens (including phenoxy) is 1. The zero-order chi connectivity index (χ0) is 8.81. The lowest BCUT2D eigenvalue weighted by molar-refractivity contribution is 0.0131. The van der Waals surface area contributed by atoms with Crippen LogP contribution in [0.25, 0.3) is 0 Å². The number of carbonyl (C=O) groups is 1. The minimum atomic E-state index is -0.362.